The number of aryl methyl sites for hydroxylation is 1. The van der Waals surface area contributed by atoms with Crippen LogP contribution in [0.3, 0.4) is 0 Å². The zero-order chi connectivity index (χ0) is 24.0. The molecule has 1 fully saturated rings. The van der Waals surface area contributed by atoms with Crippen LogP contribution < -0.4 is 5.73 Å². The predicted octanol–water partition coefficient (Wildman–Crippen LogP) is 5.36. The fourth-order valence-corrected chi connectivity index (χ4v) is 5.49. The lowest BCUT2D eigenvalue weighted by Gasteiger charge is -2.30. The molecule has 6 nitrogen and oxygen atoms in total. The second-order valence-corrected chi connectivity index (χ2v) is 9.48. The van der Waals surface area contributed by atoms with Gasteiger partial charge in [0.2, 0.25) is 11.6 Å². The molecule has 1 amide bonds. The number of fused-ring (bicyclic) bond motifs is 1. The summed E-state index contributed by atoms with van der Waals surface area (Å²) in [5.41, 5.74) is 8.41. The van der Waals surface area contributed by atoms with Crippen LogP contribution in [-0.4, -0.2) is 39.7 Å². The molecule has 1 saturated heterocycles. The highest BCUT2D eigenvalue weighted by atomic mass is 32.1. The number of likely N-dealkylation sites (tertiary alicyclic amines) is 1. The van der Waals surface area contributed by atoms with Crippen molar-refractivity contribution in [3.8, 4) is 21.6 Å². The summed E-state index contributed by atoms with van der Waals surface area (Å²) in [6.07, 6.45) is 1.73. The molecule has 9 heteroatoms. The van der Waals surface area contributed by atoms with Gasteiger partial charge in [0.25, 0.3) is 5.91 Å². The Hall–Kier alpha value is -3.61. The minimum atomic E-state index is -0.631. The number of hydrogen-bond donors (Lipinski definition) is 1. The molecule has 1 aliphatic heterocycles. The third kappa shape index (κ3) is 3.85. The van der Waals surface area contributed by atoms with Crippen LogP contribution in [0.1, 0.15) is 22.5 Å². The molecule has 4 aromatic rings. The van der Waals surface area contributed by atoms with Gasteiger partial charge in [0, 0.05) is 36.6 Å². The average Bonchev–Trinajstić information content (AvgIpc) is 3.40. The Morgan fingerprint density at radius 2 is 2.00 bits per heavy atom. The molecule has 2 aromatic carbocycles. The molecule has 2 N–H and O–H groups in total. The number of amides is 1. The average molecular weight is 478 g/mol. The fraction of sp³-hybridized carbons (Fsp3) is 0.240. The summed E-state index contributed by atoms with van der Waals surface area (Å²) in [6.45, 7) is 8.23. The third-order valence-electron chi connectivity index (χ3n) is 6.09. The fourth-order valence-electron chi connectivity index (χ4n) is 4.35. The van der Waals surface area contributed by atoms with Gasteiger partial charge in [-0.25, -0.2) is 13.9 Å². The van der Waals surface area contributed by atoms with Crippen molar-refractivity contribution in [2.75, 3.05) is 13.1 Å². The van der Waals surface area contributed by atoms with Gasteiger partial charge in [-0.1, -0.05) is 18.2 Å². The first-order valence-corrected chi connectivity index (χ1v) is 11.7. The maximum Gasteiger partial charge on any atom is 0.264 e. The number of hydrogen-bond acceptors (Lipinski definition) is 4. The van der Waals surface area contributed by atoms with Gasteiger partial charge < -0.3 is 10.6 Å². The van der Waals surface area contributed by atoms with E-state index in [-0.39, 0.29) is 17.6 Å². The van der Waals surface area contributed by atoms with Gasteiger partial charge in [-0.05, 0) is 48.2 Å². The molecule has 5 rings (SSSR count). The maximum atomic E-state index is 14.6. The van der Waals surface area contributed by atoms with Crippen LogP contribution in [0.15, 0.2) is 42.5 Å². The summed E-state index contributed by atoms with van der Waals surface area (Å²) in [7, 11) is 1.54. The van der Waals surface area contributed by atoms with E-state index in [0.717, 1.165) is 12.8 Å². The molecule has 3 heterocycles. The monoisotopic (exact) mass is 477 g/mol. The molecule has 172 valence electrons. The number of benzene rings is 2. The Labute approximate surface area is 199 Å². The standard InChI is InChI=1S/C25H21F2N5OS/c1-29-21-8-5-14(11-19(21)26)17-12-22(25(33)32-9-3-4-16(28)13-32)34-23(17)15-6-7-20-18(10-15)24(27)31(2)30-20/h5-8,10-12,16H,3-4,9,13,28H2,2H3/t16-/m1/s1. The molecule has 0 saturated carbocycles. The summed E-state index contributed by atoms with van der Waals surface area (Å²) in [5, 5.41) is 4.52. The molecule has 0 spiro atoms. The minimum Gasteiger partial charge on any atom is -0.336 e. The van der Waals surface area contributed by atoms with E-state index in [1.165, 1.54) is 35.2 Å². The number of halogens is 2. The lowest BCUT2D eigenvalue weighted by molar-refractivity contribution is 0.0714. The molecule has 1 atom stereocenters. The molecule has 0 bridgehead atoms. The summed E-state index contributed by atoms with van der Waals surface area (Å²) in [5.74, 6) is -1.21. The van der Waals surface area contributed by atoms with Crippen molar-refractivity contribution in [2.45, 2.75) is 18.9 Å². The van der Waals surface area contributed by atoms with Gasteiger partial charge in [0.15, 0.2) is 0 Å². The van der Waals surface area contributed by atoms with Gasteiger partial charge in [-0.2, -0.15) is 9.49 Å². The number of thiophene rings is 1. The second-order valence-electron chi connectivity index (χ2n) is 8.43. The van der Waals surface area contributed by atoms with Crippen LogP contribution in [-0.2, 0) is 7.05 Å². The van der Waals surface area contributed by atoms with E-state index in [9.17, 15) is 13.6 Å². The van der Waals surface area contributed by atoms with Crippen molar-refractivity contribution in [3.63, 3.8) is 0 Å². The van der Waals surface area contributed by atoms with E-state index in [1.807, 2.05) is 6.07 Å². The van der Waals surface area contributed by atoms with Crippen molar-refractivity contribution in [2.24, 2.45) is 12.8 Å². The zero-order valence-electron chi connectivity index (χ0n) is 18.4. The molecule has 2 aromatic heterocycles. The third-order valence-corrected chi connectivity index (χ3v) is 7.26. The predicted molar refractivity (Wildman–Crippen MR) is 129 cm³/mol. The van der Waals surface area contributed by atoms with E-state index in [1.54, 1.807) is 29.2 Å². The van der Waals surface area contributed by atoms with Crippen LogP contribution >= 0.6 is 11.3 Å². The van der Waals surface area contributed by atoms with Crippen molar-refractivity contribution in [1.82, 2.24) is 14.7 Å². The molecule has 0 radical (unpaired) electrons. The van der Waals surface area contributed by atoms with Gasteiger partial charge in [-0.15, -0.1) is 11.3 Å². The van der Waals surface area contributed by atoms with E-state index < -0.39 is 11.8 Å². The first kappa shape index (κ1) is 22.2. The van der Waals surface area contributed by atoms with Crippen LogP contribution in [0.2, 0.25) is 0 Å². The molecule has 1 aliphatic rings. The highest BCUT2D eigenvalue weighted by molar-refractivity contribution is 7.18. The lowest BCUT2D eigenvalue weighted by atomic mass is 10.0. The maximum absolute atomic E-state index is 14.6. The molecular weight excluding hydrogens is 456 g/mol. The van der Waals surface area contributed by atoms with Gasteiger partial charge in [0.05, 0.1) is 22.4 Å². The smallest absolute Gasteiger partial charge is 0.264 e. The van der Waals surface area contributed by atoms with E-state index in [4.69, 9.17) is 12.3 Å². The van der Waals surface area contributed by atoms with Crippen molar-refractivity contribution in [3.05, 3.63) is 70.5 Å². The second kappa shape index (κ2) is 8.63. The van der Waals surface area contributed by atoms with Crippen molar-refractivity contribution in [1.29, 1.82) is 0 Å². The Kier molecular flexibility index (Phi) is 5.63. The van der Waals surface area contributed by atoms with E-state index in [0.29, 0.717) is 50.4 Å². The number of nitrogens with two attached hydrogens (primary N) is 1. The number of piperidine rings is 1. The molecular formula is C25H21F2N5OS. The van der Waals surface area contributed by atoms with Crippen molar-refractivity contribution < 1.29 is 13.6 Å². The number of carbonyl (C=O) groups is 1. The highest BCUT2D eigenvalue weighted by Gasteiger charge is 2.26. The number of carbonyl (C=O) groups excluding carboxylic acids is 1. The van der Waals surface area contributed by atoms with Gasteiger partial charge >= 0.3 is 0 Å². The topological polar surface area (TPSA) is 68.5 Å². The molecule has 0 aliphatic carbocycles. The SMILES string of the molecule is [C-]#[N+]c1ccc(-c2cc(C(=O)N3CCC[C@@H](N)C3)sc2-c2ccc3nn(C)c(F)c3c2)cc1F. The minimum absolute atomic E-state index is 0.0529. The summed E-state index contributed by atoms with van der Waals surface area (Å²) < 4.78 is 30.2. The molecule has 0 unspecified atom stereocenters. The summed E-state index contributed by atoms with van der Waals surface area (Å²) >= 11 is 1.28. The summed E-state index contributed by atoms with van der Waals surface area (Å²) in [6, 6.07) is 11.3. The summed E-state index contributed by atoms with van der Waals surface area (Å²) in [4.78, 5) is 19.5. The highest BCUT2D eigenvalue weighted by Crippen LogP contribution is 2.42. The quantitative estimate of drug-likeness (QED) is 0.404. The van der Waals surface area contributed by atoms with Gasteiger partial charge in [-0.3, -0.25) is 4.79 Å². The largest absolute Gasteiger partial charge is 0.336 e. The Balaban J connectivity index is 1.65. The Bertz CT molecular complexity index is 1470. The first-order valence-electron chi connectivity index (χ1n) is 10.8. The van der Waals surface area contributed by atoms with E-state index >= 15 is 0 Å². The number of aromatic nitrogens is 2. The van der Waals surface area contributed by atoms with Crippen LogP contribution in [0.5, 0.6) is 0 Å². The Morgan fingerprint density at radius 3 is 2.74 bits per heavy atom. The number of nitrogens with zero attached hydrogens (tertiary/aromatic N) is 4. The first-order chi connectivity index (χ1) is 16.4. The van der Waals surface area contributed by atoms with E-state index in [2.05, 4.69) is 9.94 Å². The van der Waals surface area contributed by atoms with Crippen LogP contribution in [0.25, 0.3) is 37.3 Å². The van der Waals surface area contributed by atoms with Crippen LogP contribution in [0.4, 0.5) is 14.5 Å². The van der Waals surface area contributed by atoms with Crippen LogP contribution in [0, 0.1) is 18.3 Å². The van der Waals surface area contributed by atoms with Gasteiger partial charge in [0.1, 0.15) is 5.82 Å². The Morgan fingerprint density at radius 1 is 1.21 bits per heavy atom. The molecule has 34 heavy (non-hydrogen) atoms. The normalized spacial score (nSPS) is 16.1. The lowest BCUT2D eigenvalue weighted by Crippen LogP contribution is -2.45. The zero-order valence-corrected chi connectivity index (χ0v) is 19.2. The van der Waals surface area contributed by atoms with Crippen molar-refractivity contribution >= 4 is 33.8 Å². The number of rotatable bonds is 3.